The molecule has 1 saturated heterocycles. The van der Waals surface area contributed by atoms with Crippen LogP contribution in [0.2, 0.25) is 0 Å². The summed E-state index contributed by atoms with van der Waals surface area (Å²) in [4.78, 5) is 36.4. The van der Waals surface area contributed by atoms with Crippen molar-refractivity contribution in [3.63, 3.8) is 0 Å². The second-order valence-electron chi connectivity index (χ2n) is 6.62. The minimum atomic E-state index is -0.929. The lowest BCUT2D eigenvalue weighted by atomic mass is 9.93. The molecule has 27 heavy (non-hydrogen) atoms. The highest BCUT2D eigenvalue weighted by Gasteiger charge is 2.26. The molecular weight excluding hydrogens is 350 g/mol. The summed E-state index contributed by atoms with van der Waals surface area (Å²) in [7, 11) is 3.15. The Morgan fingerprint density at radius 1 is 1.26 bits per heavy atom. The molecular formula is C19H27N3O5. The Hall–Kier alpha value is -2.77. The second-order valence-corrected chi connectivity index (χ2v) is 6.62. The largest absolute Gasteiger partial charge is 0.497 e. The van der Waals surface area contributed by atoms with Gasteiger partial charge in [0.2, 0.25) is 5.91 Å². The summed E-state index contributed by atoms with van der Waals surface area (Å²) < 4.78 is 10.5. The molecule has 3 N–H and O–H groups in total. The van der Waals surface area contributed by atoms with E-state index in [-0.39, 0.29) is 11.8 Å². The van der Waals surface area contributed by atoms with Crippen molar-refractivity contribution in [1.29, 1.82) is 0 Å². The SMILES string of the molecule is COc1ccc(CNC(=O)CC[C@@H]2CCCN(C(=O)C(N)=O)C2)c(OC)c1. The number of methoxy groups -OCH3 is 2. The number of nitrogens with zero attached hydrogens (tertiary/aromatic N) is 1. The fourth-order valence-corrected chi connectivity index (χ4v) is 3.26. The number of carbonyl (C=O) groups excluding carboxylic acids is 3. The van der Waals surface area contributed by atoms with E-state index in [1.807, 2.05) is 12.1 Å². The number of amides is 3. The molecule has 1 heterocycles. The number of rotatable bonds is 7. The zero-order chi connectivity index (χ0) is 19.8. The lowest BCUT2D eigenvalue weighted by Crippen LogP contribution is -2.45. The third kappa shape index (κ3) is 5.87. The predicted octanol–water partition coefficient (Wildman–Crippen LogP) is 0.824. The van der Waals surface area contributed by atoms with Gasteiger partial charge in [-0.25, -0.2) is 0 Å². The highest BCUT2D eigenvalue weighted by Crippen LogP contribution is 2.25. The summed E-state index contributed by atoms with van der Waals surface area (Å²) in [5.41, 5.74) is 5.92. The number of benzene rings is 1. The maximum atomic E-state index is 12.2. The van der Waals surface area contributed by atoms with Gasteiger partial charge < -0.3 is 25.4 Å². The van der Waals surface area contributed by atoms with Crippen LogP contribution in [0.3, 0.4) is 0 Å². The maximum absolute atomic E-state index is 12.2. The van der Waals surface area contributed by atoms with Crippen LogP contribution in [0.25, 0.3) is 0 Å². The fraction of sp³-hybridized carbons (Fsp3) is 0.526. The highest BCUT2D eigenvalue weighted by atomic mass is 16.5. The number of nitrogens with one attached hydrogen (secondary N) is 1. The first-order valence-corrected chi connectivity index (χ1v) is 9.01. The van der Waals surface area contributed by atoms with Gasteiger partial charge >= 0.3 is 11.8 Å². The third-order valence-corrected chi connectivity index (χ3v) is 4.77. The number of carbonyl (C=O) groups is 3. The summed E-state index contributed by atoms with van der Waals surface area (Å²) >= 11 is 0. The van der Waals surface area contributed by atoms with E-state index in [1.54, 1.807) is 20.3 Å². The van der Waals surface area contributed by atoms with E-state index in [1.165, 1.54) is 4.90 Å². The monoisotopic (exact) mass is 377 g/mol. The van der Waals surface area contributed by atoms with E-state index in [0.29, 0.717) is 44.0 Å². The lowest BCUT2D eigenvalue weighted by molar-refractivity contribution is -0.145. The molecule has 148 valence electrons. The normalized spacial score (nSPS) is 16.5. The van der Waals surface area contributed by atoms with Gasteiger partial charge in [-0.15, -0.1) is 0 Å². The van der Waals surface area contributed by atoms with Gasteiger partial charge in [0.1, 0.15) is 11.5 Å². The molecule has 1 aromatic carbocycles. The van der Waals surface area contributed by atoms with Crippen molar-refractivity contribution in [2.45, 2.75) is 32.2 Å². The minimum Gasteiger partial charge on any atom is -0.497 e. The van der Waals surface area contributed by atoms with Crippen LogP contribution in [0, 0.1) is 5.92 Å². The topological polar surface area (TPSA) is 111 Å². The molecule has 8 heteroatoms. The standard InChI is InChI=1S/C19H27N3O5/c1-26-15-7-6-14(16(10-15)27-2)11-21-17(23)8-5-13-4-3-9-22(12-13)19(25)18(20)24/h6-7,10,13H,3-5,8-9,11-12H2,1-2H3,(H2,20,24)(H,21,23)/t13-/m0/s1. The zero-order valence-corrected chi connectivity index (χ0v) is 15.8. The quantitative estimate of drug-likeness (QED) is 0.684. The number of hydrogen-bond donors (Lipinski definition) is 2. The van der Waals surface area contributed by atoms with E-state index in [0.717, 1.165) is 18.4 Å². The third-order valence-electron chi connectivity index (χ3n) is 4.77. The smallest absolute Gasteiger partial charge is 0.311 e. The van der Waals surface area contributed by atoms with Gasteiger partial charge in [0.05, 0.1) is 14.2 Å². The minimum absolute atomic E-state index is 0.0637. The van der Waals surface area contributed by atoms with Gasteiger partial charge in [-0.3, -0.25) is 14.4 Å². The fourth-order valence-electron chi connectivity index (χ4n) is 3.26. The number of likely N-dealkylation sites (tertiary alicyclic amines) is 1. The average molecular weight is 377 g/mol. The van der Waals surface area contributed by atoms with Gasteiger partial charge in [-0.05, 0) is 37.3 Å². The molecule has 8 nitrogen and oxygen atoms in total. The van der Waals surface area contributed by atoms with Crippen molar-refractivity contribution in [2.75, 3.05) is 27.3 Å². The summed E-state index contributed by atoms with van der Waals surface area (Å²) in [6, 6.07) is 5.44. The molecule has 1 aliphatic heterocycles. The van der Waals surface area contributed by atoms with Crippen molar-refractivity contribution in [3.05, 3.63) is 23.8 Å². The van der Waals surface area contributed by atoms with Crippen molar-refractivity contribution < 1.29 is 23.9 Å². The van der Waals surface area contributed by atoms with Crippen molar-refractivity contribution in [2.24, 2.45) is 11.7 Å². The Morgan fingerprint density at radius 2 is 2.04 bits per heavy atom. The Kier molecular flexibility index (Phi) is 7.45. The first-order valence-electron chi connectivity index (χ1n) is 9.01. The van der Waals surface area contributed by atoms with Crippen LogP contribution in [-0.4, -0.2) is 49.9 Å². The average Bonchev–Trinajstić information content (AvgIpc) is 2.70. The Morgan fingerprint density at radius 3 is 2.70 bits per heavy atom. The molecule has 0 bridgehead atoms. The molecule has 0 spiro atoms. The van der Waals surface area contributed by atoms with Gasteiger partial charge in [0.15, 0.2) is 0 Å². The van der Waals surface area contributed by atoms with Crippen LogP contribution in [-0.2, 0) is 20.9 Å². The van der Waals surface area contributed by atoms with E-state index in [4.69, 9.17) is 15.2 Å². The number of primary amides is 1. The molecule has 1 aliphatic rings. The van der Waals surface area contributed by atoms with Crippen LogP contribution >= 0.6 is 0 Å². The number of nitrogens with two attached hydrogens (primary N) is 1. The predicted molar refractivity (Wildman–Crippen MR) is 99.1 cm³/mol. The molecule has 3 amide bonds. The molecule has 0 aliphatic carbocycles. The van der Waals surface area contributed by atoms with Crippen LogP contribution in [0.5, 0.6) is 11.5 Å². The molecule has 0 aromatic heterocycles. The maximum Gasteiger partial charge on any atom is 0.311 e. The van der Waals surface area contributed by atoms with Crippen molar-refractivity contribution >= 4 is 17.7 Å². The lowest BCUT2D eigenvalue weighted by Gasteiger charge is -2.31. The number of piperidine rings is 1. The van der Waals surface area contributed by atoms with Gasteiger partial charge in [-0.1, -0.05) is 0 Å². The van der Waals surface area contributed by atoms with E-state index in [2.05, 4.69) is 5.32 Å². The van der Waals surface area contributed by atoms with Crippen LogP contribution < -0.4 is 20.5 Å². The summed E-state index contributed by atoms with van der Waals surface area (Å²) in [5.74, 6) is -0.0936. The van der Waals surface area contributed by atoms with E-state index < -0.39 is 11.8 Å². The zero-order valence-electron chi connectivity index (χ0n) is 15.8. The van der Waals surface area contributed by atoms with Gasteiger partial charge in [0, 0.05) is 37.7 Å². The Labute approximate surface area is 159 Å². The molecule has 0 unspecified atom stereocenters. The van der Waals surface area contributed by atoms with Gasteiger partial charge in [0.25, 0.3) is 0 Å². The summed E-state index contributed by atoms with van der Waals surface area (Å²) in [5, 5.41) is 2.89. The number of ether oxygens (including phenoxy) is 2. The number of hydrogen-bond acceptors (Lipinski definition) is 5. The van der Waals surface area contributed by atoms with E-state index in [9.17, 15) is 14.4 Å². The Bertz CT molecular complexity index is 692. The van der Waals surface area contributed by atoms with Crippen LogP contribution in [0.1, 0.15) is 31.2 Å². The van der Waals surface area contributed by atoms with E-state index >= 15 is 0 Å². The molecule has 1 fully saturated rings. The van der Waals surface area contributed by atoms with Crippen molar-refractivity contribution in [1.82, 2.24) is 10.2 Å². The van der Waals surface area contributed by atoms with Crippen LogP contribution in [0.4, 0.5) is 0 Å². The summed E-state index contributed by atoms with van der Waals surface area (Å²) in [6.45, 7) is 1.38. The van der Waals surface area contributed by atoms with Crippen LogP contribution in [0.15, 0.2) is 18.2 Å². The molecule has 1 aromatic rings. The molecule has 0 saturated carbocycles. The first kappa shape index (κ1) is 20.5. The molecule has 2 rings (SSSR count). The Balaban J connectivity index is 1.79. The highest BCUT2D eigenvalue weighted by molar-refractivity contribution is 6.34. The molecule has 0 radical (unpaired) electrons. The first-order chi connectivity index (χ1) is 12.9. The molecule has 1 atom stereocenters. The second kappa shape index (κ2) is 9.80. The summed E-state index contributed by atoms with van der Waals surface area (Å²) in [6.07, 6.45) is 2.77. The van der Waals surface area contributed by atoms with Crippen molar-refractivity contribution in [3.8, 4) is 11.5 Å². The van der Waals surface area contributed by atoms with Gasteiger partial charge in [-0.2, -0.15) is 0 Å².